The van der Waals surface area contributed by atoms with Crippen molar-refractivity contribution in [3.8, 4) is 0 Å². The van der Waals surface area contributed by atoms with Crippen molar-refractivity contribution in [2.45, 2.75) is 6.54 Å². The van der Waals surface area contributed by atoms with Crippen LogP contribution in [0.3, 0.4) is 0 Å². The minimum Gasteiger partial charge on any atom is -0.476 e. The number of hydrogen-bond acceptors (Lipinski definition) is 3. The molecule has 0 atom stereocenters. The van der Waals surface area contributed by atoms with E-state index in [4.69, 9.17) is 5.11 Å². The smallest absolute Gasteiger partial charge is 0.356 e. The first-order valence-electron chi connectivity index (χ1n) is 4.51. The molecule has 0 saturated heterocycles. The van der Waals surface area contributed by atoms with Crippen LogP contribution >= 0.6 is 15.9 Å². The van der Waals surface area contributed by atoms with Crippen LogP contribution < -0.4 is 0 Å². The fourth-order valence-electron chi connectivity index (χ4n) is 1.29. The van der Waals surface area contributed by atoms with E-state index in [0.29, 0.717) is 6.54 Å². The summed E-state index contributed by atoms with van der Waals surface area (Å²) in [5.41, 5.74) is 0.998. The van der Waals surface area contributed by atoms with Gasteiger partial charge in [0.2, 0.25) is 0 Å². The normalized spacial score (nSPS) is 10.3. The first-order chi connectivity index (χ1) is 7.65. The molecule has 0 aliphatic heterocycles. The molecule has 82 valence electrons. The van der Waals surface area contributed by atoms with E-state index in [1.165, 1.54) is 6.07 Å². The first kappa shape index (κ1) is 10.8. The molecule has 0 aliphatic rings. The summed E-state index contributed by atoms with van der Waals surface area (Å²) in [5, 5.41) is 12.6. The Morgan fingerprint density at radius 2 is 2.31 bits per heavy atom. The molecule has 16 heavy (non-hydrogen) atoms. The molecule has 2 aromatic heterocycles. The number of rotatable bonds is 3. The topological polar surface area (TPSA) is 68.0 Å². The Kier molecular flexibility index (Phi) is 3.00. The summed E-state index contributed by atoms with van der Waals surface area (Å²) in [5.74, 6) is -1.02. The van der Waals surface area contributed by atoms with Gasteiger partial charge in [0.25, 0.3) is 0 Å². The molecule has 6 heteroatoms. The lowest BCUT2D eigenvalue weighted by molar-refractivity contribution is 0.0689. The quantitative estimate of drug-likeness (QED) is 0.931. The maximum atomic E-state index is 10.6. The summed E-state index contributed by atoms with van der Waals surface area (Å²) in [6, 6.07) is 3.38. The maximum Gasteiger partial charge on any atom is 0.356 e. The van der Waals surface area contributed by atoms with Crippen molar-refractivity contribution in [3.05, 3.63) is 46.5 Å². The Balaban J connectivity index is 2.17. The molecule has 5 nitrogen and oxygen atoms in total. The van der Waals surface area contributed by atoms with Gasteiger partial charge in [0.15, 0.2) is 5.69 Å². The third-order valence-electron chi connectivity index (χ3n) is 1.97. The van der Waals surface area contributed by atoms with Crippen molar-refractivity contribution in [1.82, 2.24) is 14.8 Å². The van der Waals surface area contributed by atoms with Gasteiger partial charge >= 0.3 is 5.97 Å². The summed E-state index contributed by atoms with van der Waals surface area (Å²) in [6.45, 7) is 0.500. The van der Waals surface area contributed by atoms with Crippen LogP contribution in [0.5, 0.6) is 0 Å². The number of carboxylic acids is 1. The summed E-state index contributed by atoms with van der Waals surface area (Å²) in [7, 11) is 0. The highest BCUT2D eigenvalue weighted by molar-refractivity contribution is 9.10. The average molecular weight is 282 g/mol. The van der Waals surface area contributed by atoms with E-state index in [-0.39, 0.29) is 5.69 Å². The van der Waals surface area contributed by atoms with Gasteiger partial charge in [-0.15, -0.1) is 0 Å². The minimum atomic E-state index is -1.02. The van der Waals surface area contributed by atoms with Crippen LogP contribution in [-0.4, -0.2) is 25.8 Å². The zero-order valence-electron chi connectivity index (χ0n) is 8.17. The van der Waals surface area contributed by atoms with Crippen molar-refractivity contribution >= 4 is 21.9 Å². The Morgan fingerprint density at radius 3 is 2.94 bits per heavy atom. The molecule has 0 fully saturated rings. The van der Waals surface area contributed by atoms with Crippen molar-refractivity contribution in [1.29, 1.82) is 0 Å². The summed E-state index contributed by atoms with van der Waals surface area (Å²) >= 11 is 3.32. The predicted molar refractivity (Wildman–Crippen MR) is 60.2 cm³/mol. The van der Waals surface area contributed by atoms with Crippen molar-refractivity contribution in [2.75, 3.05) is 0 Å². The van der Waals surface area contributed by atoms with Crippen LogP contribution in [0.2, 0.25) is 0 Å². The number of carbonyl (C=O) groups is 1. The van der Waals surface area contributed by atoms with Crippen molar-refractivity contribution < 1.29 is 9.90 Å². The predicted octanol–water partition coefficient (Wildman–Crippen LogP) is 1.79. The van der Waals surface area contributed by atoms with Gasteiger partial charge in [-0.25, -0.2) is 4.79 Å². The van der Waals surface area contributed by atoms with E-state index in [1.807, 2.05) is 6.07 Å². The lowest BCUT2D eigenvalue weighted by atomic mass is 10.3. The van der Waals surface area contributed by atoms with Crippen LogP contribution in [0.15, 0.2) is 35.2 Å². The molecule has 0 bridgehead atoms. The second kappa shape index (κ2) is 4.44. The van der Waals surface area contributed by atoms with Crippen LogP contribution in [0.25, 0.3) is 0 Å². The summed E-state index contributed by atoms with van der Waals surface area (Å²) < 4.78 is 2.45. The second-order valence-electron chi connectivity index (χ2n) is 3.22. The van der Waals surface area contributed by atoms with Crippen LogP contribution in [-0.2, 0) is 6.54 Å². The lowest BCUT2D eigenvalue weighted by Crippen LogP contribution is -2.04. The average Bonchev–Trinajstić information content (AvgIpc) is 2.66. The Morgan fingerprint density at radius 1 is 1.50 bits per heavy atom. The fourth-order valence-corrected chi connectivity index (χ4v) is 1.71. The van der Waals surface area contributed by atoms with Crippen LogP contribution in [0, 0.1) is 0 Å². The van der Waals surface area contributed by atoms with Gasteiger partial charge in [0, 0.05) is 23.1 Å². The Labute approximate surface area is 99.9 Å². The van der Waals surface area contributed by atoms with E-state index < -0.39 is 5.97 Å². The molecule has 0 aromatic carbocycles. The molecular formula is C10H8BrN3O2. The molecular weight excluding hydrogens is 274 g/mol. The number of aromatic nitrogens is 3. The summed E-state index contributed by atoms with van der Waals surface area (Å²) in [4.78, 5) is 14.6. The molecule has 0 spiro atoms. The third kappa shape index (κ3) is 2.46. The van der Waals surface area contributed by atoms with Crippen molar-refractivity contribution in [3.63, 3.8) is 0 Å². The van der Waals surface area contributed by atoms with Gasteiger partial charge in [0.05, 0.1) is 6.54 Å². The molecule has 0 radical (unpaired) electrons. The Bertz CT molecular complexity index is 524. The molecule has 1 N–H and O–H groups in total. The van der Waals surface area contributed by atoms with Gasteiger partial charge in [-0.3, -0.25) is 9.67 Å². The minimum absolute atomic E-state index is 0.0444. The van der Waals surface area contributed by atoms with E-state index >= 15 is 0 Å². The second-order valence-corrected chi connectivity index (χ2v) is 4.13. The van der Waals surface area contributed by atoms with E-state index in [1.54, 1.807) is 23.3 Å². The number of aromatic carboxylic acids is 1. The van der Waals surface area contributed by atoms with Gasteiger partial charge in [0.1, 0.15) is 0 Å². The number of hydrogen-bond donors (Lipinski definition) is 1. The van der Waals surface area contributed by atoms with E-state index in [9.17, 15) is 4.79 Å². The van der Waals surface area contributed by atoms with Crippen molar-refractivity contribution in [2.24, 2.45) is 0 Å². The van der Waals surface area contributed by atoms with E-state index in [2.05, 4.69) is 26.0 Å². The monoisotopic (exact) mass is 281 g/mol. The highest BCUT2D eigenvalue weighted by Crippen LogP contribution is 2.10. The van der Waals surface area contributed by atoms with Crippen LogP contribution in [0.1, 0.15) is 16.1 Å². The highest BCUT2D eigenvalue weighted by atomic mass is 79.9. The molecule has 0 unspecified atom stereocenters. The van der Waals surface area contributed by atoms with Gasteiger partial charge < -0.3 is 5.11 Å². The molecule has 2 rings (SSSR count). The fraction of sp³-hybridized carbons (Fsp3) is 0.100. The zero-order chi connectivity index (χ0) is 11.5. The molecule has 2 aromatic rings. The zero-order valence-corrected chi connectivity index (χ0v) is 9.75. The lowest BCUT2D eigenvalue weighted by Gasteiger charge is -2.01. The molecule has 0 amide bonds. The van der Waals surface area contributed by atoms with Crippen LogP contribution in [0.4, 0.5) is 0 Å². The SMILES string of the molecule is O=C(O)c1ccn(Cc2cncc(Br)c2)n1. The van der Waals surface area contributed by atoms with Gasteiger partial charge in [-0.05, 0) is 33.6 Å². The number of halogens is 1. The molecule has 0 aliphatic carbocycles. The summed E-state index contributed by atoms with van der Waals surface area (Å²) in [6.07, 6.45) is 5.03. The Hall–Kier alpha value is -1.69. The highest BCUT2D eigenvalue weighted by Gasteiger charge is 2.06. The largest absolute Gasteiger partial charge is 0.476 e. The van der Waals surface area contributed by atoms with Gasteiger partial charge in [-0.2, -0.15) is 5.10 Å². The molecule has 0 saturated carbocycles. The number of carboxylic acid groups (broad SMARTS) is 1. The molecule has 2 heterocycles. The van der Waals surface area contributed by atoms with Gasteiger partial charge in [-0.1, -0.05) is 0 Å². The first-order valence-corrected chi connectivity index (χ1v) is 5.30. The number of nitrogens with zero attached hydrogens (tertiary/aromatic N) is 3. The number of pyridine rings is 1. The van der Waals surface area contributed by atoms with E-state index in [0.717, 1.165) is 10.0 Å². The third-order valence-corrected chi connectivity index (χ3v) is 2.40. The maximum absolute atomic E-state index is 10.6. The standard InChI is InChI=1S/C10H8BrN3O2/c11-8-3-7(4-12-5-8)6-14-2-1-9(13-14)10(15)16/h1-5H,6H2,(H,15,16).